The molecule has 2 aliphatic rings. The molecule has 4 rings (SSSR count). The Balaban J connectivity index is 1.22. The van der Waals surface area contributed by atoms with E-state index in [4.69, 9.17) is 15.2 Å². The summed E-state index contributed by atoms with van der Waals surface area (Å²) in [5, 5.41) is 11.1. The second kappa shape index (κ2) is 12.6. The van der Waals surface area contributed by atoms with Gasteiger partial charge in [0.1, 0.15) is 18.4 Å². The van der Waals surface area contributed by atoms with Gasteiger partial charge < -0.3 is 20.1 Å². The third-order valence-electron chi connectivity index (χ3n) is 7.28. The van der Waals surface area contributed by atoms with Crippen molar-refractivity contribution in [1.82, 2.24) is 9.80 Å². The summed E-state index contributed by atoms with van der Waals surface area (Å²) in [6.45, 7) is 1.84. The van der Waals surface area contributed by atoms with Crippen LogP contribution in [0.15, 0.2) is 48.5 Å². The van der Waals surface area contributed by atoms with Gasteiger partial charge in [0, 0.05) is 48.7 Å². The molecular formula is C27H34N4O6S. The Kier molecular flexibility index (Phi) is 9.24. The number of thioether (sulfide) groups is 1. The summed E-state index contributed by atoms with van der Waals surface area (Å²) in [5.74, 6) is 1.11. The number of nitro benzene ring substituents is 1. The lowest BCUT2D eigenvalue weighted by Crippen LogP contribution is -2.45. The molecule has 2 fully saturated rings. The molecule has 1 unspecified atom stereocenters. The number of amides is 1. The number of non-ortho nitro benzene ring substituents is 1. The highest BCUT2D eigenvalue weighted by Gasteiger charge is 2.41. The van der Waals surface area contributed by atoms with Crippen LogP contribution in [0.3, 0.4) is 0 Å². The molecule has 2 aromatic rings. The van der Waals surface area contributed by atoms with Crippen molar-refractivity contribution < 1.29 is 24.0 Å². The molecule has 0 bridgehead atoms. The first-order valence-corrected chi connectivity index (χ1v) is 13.7. The molecule has 4 atom stereocenters. The maximum absolute atomic E-state index is 13.3. The smallest absolute Gasteiger partial charge is 0.323 e. The van der Waals surface area contributed by atoms with Crippen LogP contribution in [0, 0.1) is 16.0 Å². The molecule has 10 nitrogen and oxygen atoms in total. The predicted octanol–water partition coefficient (Wildman–Crippen LogP) is 2.83. The number of likely N-dealkylation sites (N-methyl/N-ethyl adjacent to an activating group) is 1. The number of benzene rings is 2. The number of ether oxygens (including phenoxy) is 2. The van der Waals surface area contributed by atoms with Crippen LogP contribution in [0.2, 0.25) is 0 Å². The fourth-order valence-corrected chi connectivity index (χ4v) is 6.23. The van der Waals surface area contributed by atoms with E-state index in [2.05, 4.69) is 17.0 Å². The SMILES string of the molecule is COc1ccc(CS[C@H]2C[C@@H](C(=O)N3CC[C@H](C(N)C(=O)OCc4ccc([N+](=O)[O-])cc4)C3)N(C)C2)cc1. The van der Waals surface area contributed by atoms with Crippen LogP contribution in [0.1, 0.15) is 24.0 Å². The van der Waals surface area contributed by atoms with E-state index in [9.17, 15) is 19.7 Å². The third-order valence-corrected chi connectivity index (χ3v) is 8.60. The van der Waals surface area contributed by atoms with Crippen LogP contribution in [-0.4, -0.2) is 77.7 Å². The second-order valence-electron chi connectivity index (χ2n) is 9.86. The average Bonchev–Trinajstić information content (AvgIpc) is 3.57. The largest absolute Gasteiger partial charge is 0.497 e. The van der Waals surface area contributed by atoms with Crippen molar-refractivity contribution in [3.05, 3.63) is 69.8 Å². The van der Waals surface area contributed by atoms with Gasteiger partial charge in [0.15, 0.2) is 0 Å². The number of nitro groups is 1. The number of nitrogens with zero attached hydrogens (tertiary/aromatic N) is 3. The van der Waals surface area contributed by atoms with Crippen LogP contribution in [0.4, 0.5) is 5.69 Å². The molecule has 0 aliphatic carbocycles. The molecule has 2 heterocycles. The normalized spacial score (nSPS) is 22.3. The summed E-state index contributed by atoms with van der Waals surface area (Å²) >= 11 is 1.87. The number of nitrogens with two attached hydrogens (primary N) is 1. The second-order valence-corrected chi connectivity index (χ2v) is 11.2. The minimum atomic E-state index is -0.833. The molecule has 0 radical (unpaired) electrons. The molecule has 204 valence electrons. The van der Waals surface area contributed by atoms with Gasteiger partial charge in [-0.3, -0.25) is 24.6 Å². The van der Waals surface area contributed by atoms with E-state index >= 15 is 0 Å². The summed E-state index contributed by atoms with van der Waals surface area (Å²) in [4.78, 5) is 40.1. The topological polar surface area (TPSA) is 128 Å². The van der Waals surface area contributed by atoms with Crippen LogP contribution in [-0.2, 0) is 26.7 Å². The number of hydrogen-bond donors (Lipinski definition) is 1. The van der Waals surface area contributed by atoms with E-state index in [-0.39, 0.29) is 30.2 Å². The molecule has 2 aliphatic heterocycles. The molecule has 1 amide bonds. The Labute approximate surface area is 226 Å². The number of methoxy groups -OCH3 is 1. The summed E-state index contributed by atoms with van der Waals surface area (Å²) in [6, 6.07) is 12.9. The van der Waals surface area contributed by atoms with E-state index in [1.54, 1.807) is 19.2 Å². The Hall–Kier alpha value is -3.15. The first kappa shape index (κ1) is 27.9. The molecule has 0 aromatic heterocycles. The highest BCUT2D eigenvalue weighted by Crippen LogP contribution is 2.31. The van der Waals surface area contributed by atoms with Gasteiger partial charge in [-0.1, -0.05) is 12.1 Å². The zero-order valence-corrected chi connectivity index (χ0v) is 22.5. The summed E-state index contributed by atoms with van der Waals surface area (Å²) in [5.41, 5.74) is 8.05. The number of hydrogen-bond acceptors (Lipinski definition) is 9. The fraction of sp³-hybridized carbons (Fsp3) is 0.481. The van der Waals surface area contributed by atoms with Gasteiger partial charge in [-0.2, -0.15) is 11.8 Å². The number of carbonyl (C=O) groups is 2. The van der Waals surface area contributed by atoms with Crippen molar-refractivity contribution in [3.8, 4) is 5.75 Å². The van der Waals surface area contributed by atoms with Crippen LogP contribution < -0.4 is 10.5 Å². The van der Waals surface area contributed by atoms with Crippen molar-refractivity contribution in [3.63, 3.8) is 0 Å². The van der Waals surface area contributed by atoms with Gasteiger partial charge in [0.05, 0.1) is 18.1 Å². The number of carbonyl (C=O) groups excluding carboxylic acids is 2. The number of likely N-dealkylation sites (tertiary alicyclic amines) is 2. The average molecular weight is 543 g/mol. The zero-order chi connectivity index (χ0) is 27.2. The molecule has 0 spiro atoms. The minimum absolute atomic E-state index is 0.0116. The fourth-order valence-electron chi connectivity index (χ4n) is 4.95. The Morgan fingerprint density at radius 2 is 1.82 bits per heavy atom. The molecule has 0 saturated carbocycles. The maximum atomic E-state index is 13.3. The number of rotatable bonds is 10. The van der Waals surface area contributed by atoms with Gasteiger partial charge in [0.25, 0.3) is 5.69 Å². The Bertz CT molecular complexity index is 1130. The number of esters is 1. The van der Waals surface area contributed by atoms with Gasteiger partial charge in [-0.05, 0) is 55.3 Å². The quantitative estimate of drug-likeness (QED) is 0.274. The predicted molar refractivity (Wildman–Crippen MR) is 145 cm³/mol. The van der Waals surface area contributed by atoms with Gasteiger partial charge in [-0.15, -0.1) is 0 Å². The highest BCUT2D eigenvalue weighted by molar-refractivity contribution is 7.99. The van der Waals surface area contributed by atoms with E-state index in [1.807, 2.05) is 35.8 Å². The lowest BCUT2D eigenvalue weighted by Gasteiger charge is -2.25. The summed E-state index contributed by atoms with van der Waals surface area (Å²) in [6.07, 6.45) is 1.44. The van der Waals surface area contributed by atoms with E-state index in [0.717, 1.165) is 24.5 Å². The summed E-state index contributed by atoms with van der Waals surface area (Å²) in [7, 11) is 3.65. The maximum Gasteiger partial charge on any atom is 0.323 e. The monoisotopic (exact) mass is 542 g/mol. The zero-order valence-electron chi connectivity index (χ0n) is 21.7. The van der Waals surface area contributed by atoms with Crippen molar-refractivity contribution in [2.75, 3.05) is 33.8 Å². The van der Waals surface area contributed by atoms with Crippen LogP contribution >= 0.6 is 11.8 Å². The van der Waals surface area contributed by atoms with Gasteiger partial charge >= 0.3 is 5.97 Å². The summed E-state index contributed by atoms with van der Waals surface area (Å²) < 4.78 is 10.6. The first-order chi connectivity index (χ1) is 18.2. The minimum Gasteiger partial charge on any atom is -0.497 e. The first-order valence-electron chi connectivity index (χ1n) is 12.6. The standard InChI is InChI=1S/C27H34N4O6S/c1-29-15-23(38-17-19-5-9-22(36-2)10-6-19)13-24(29)26(32)30-12-11-20(14-30)25(28)27(33)37-16-18-3-7-21(8-4-18)31(34)35/h3-10,20,23-25H,11-17,28H2,1-2H3/t20-,23-,24-,25?/m0/s1. The van der Waals surface area contributed by atoms with E-state index in [1.165, 1.54) is 17.7 Å². The molecular weight excluding hydrogens is 508 g/mol. The van der Waals surface area contributed by atoms with Crippen LogP contribution in [0.5, 0.6) is 5.75 Å². The Morgan fingerprint density at radius 3 is 2.47 bits per heavy atom. The van der Waals surface area contributed by atoms with E-state index < -0.39 is 16.9 Å². The van der Waals surface area contributed by atoms with Crippen LogP contribution in [0.25, 0.3) is 0 Å². The molecule has 11 heteroatoms. The molecule has 2 saturated heterocycles. The lowest BCUT2D eigenvalue weighted by atomic mass is 10.00. The molecule has 2 aromatic carbocycles. The van der Waals surface area contributed by atoms with Gasteiger partial charge in [-0.25, -0.2) is 0 Å². The van der Waals surface area contributed by atoms with E-state index in [0.29, 0.717) is 30.3 Å². The van der Waals surface area contributed by atoms with Crippen molar-refractivity contribution >= 4 is 29.3 Å². The Morgan fingerprint density at radius 1 is 1.13 bits per heavy atom. The van der Waals surface area contributed by atoms with Crippen molar-refractivity contribution in [2.45, 2.75) is 42.5 Å². The molecule has 38 heavy (non-hydrogen) atoms. The van der Waals surface area contributed by atoms with Gasteiger partial charge in [0.2, 0.25) is 5.91 Å². The van der Waals surface area contributed by atoms with Crippen molar-refractivity contribution in [2.24, 2.45) is 11.7 Å². The van der Waals surface area contributed by atoms with Crippen molar-refractivity contribution in [1.29, 1.82) is 0 Å². The lowest BCUT2D eigenvalue weighted by molar-refractivity contribution is -0.384. The third kappa shape index (κ3) is 6.83. The highest BCUT2D eigenvalue weighted by atomic mass is 32.2. The molecule has 2 N–H and O–H groups in total.